The Labute approximate surface area is 142 Å². The number of rotatable bonds is 3. The van der Waals surface area contributed by atoms with Gasteiger partial charge >= 0.3 is 0 Å². The van der Waals surface area contributed by atoms with E-state index in [1.165, 1.54) is 41.7 Å². The van der Waals surface area contributed by atoms with Gasteiger partial charge in [-0.1, -0.05) is 18.2 Å². The summed E-state index contributed by atoms with van der Waals surface area (Å²) in [6, 6.07) is 21.8. The van der Waals surface area contributed by atoms with Crippen molar-refractivity contribution in [1.82, 2.24) is 0 Å². The first-order valence-corrected chi connectivity index (χ1v) is 8.45. The zero-order valence-corrected chi connectivity index (χ0v) is 13.8. The van der Waals surface area contributed by atoms with E-state index >= 15 is 0 Å². The fraction of sp³-hybridized carbons (Fsp3) is 0.182. The molecule has 2 heteroatoms. The van der Waals surface area contributed by atoms with Crippen molar-refractivity contribution in [3.8, 4) is 0 Å². The summed E-state index contributed by atoms with van der Waals surface area (Å²) in [6.45, 7) is 2.09. The van der Waals surface area contributed by atoms with Crippen molar-refractivity contribution in [1.29, 1.82) is 0 Å². The number of hydrogen-bond donors (Lipinski definition) is 0. The number of fused-ring (bicyclic) bond motifs is 1. The summed E-state index contributed by atoms with van der Waals surface area (Å²) in [6.07, 6.45) is 3.56. The molecule has 0 saturated carbocycles. The van der Waals surface area contributed by atoms with Gasteiger partial charge in [0, 0.05) is 17.1 Å². The lowest BCUT2D eigenvalue weighted by atomic mass is 10.1. The second-order valence-electron chi connectivity index (χ2n) is 6.46. The molecule has 24 heavy (non-hydrogen) atoms. The molecule has 0 atom stereocenters. The third-order valence-corrected chi connectivity index (χ3v) is 4.68. The molecule has 3 aromatic rings. The SMILES string of the molecule is Cc1cccc(N(c2ccc(F)cc2)c2ccc3c(c2)CCC3)c1. The largest absolute Gasteiger partial charge is 0.310 e. The van der Waals surface area contributed by atoms with Crippen LogP contribution in [0.5, 0.6) is 0 Å². The van der Waals surface area contributed by atoms with E-state index in [4.69, 9.17) is 0 Å². The summed E-state index contributed by atoms with van der Waals surface area (Å²) >= 11 is 0. The van der Waals surface area contributed by atoms with Gasteiger partial charge in [0.1, 0.15) is 5.82 Å². The maximum Gasteiger partial charge on any atom is 0.123 e. The lowest BCUT2D eigenvalue weighted by molar-refractivity contribution is 0.628. The standard InChI is InChI=1S/C22H20FN/c1-16-4-2-7-21(14-16)24(20-12-9-19(23)10-13-20)22-11-8-17-5-3-6-18(17)15-22/h2,4,7-15H,3,5-6H2,1H3. The average Bonchev–Trinajstić information content (AvgIpc) is 3.05. The molecule has 1 nitrogen and oxygen atoms in total. The van der Waals surface area contributed by atoms with Crippen LogP contribution in [-0.2, 0) is 12.8 Å². The van der Waals surface area contributed by atoms with Gasteiger partial charge in [-0.05, 0) is 91.4 Å². The van der Waals surface area contributed by atoms with Gasteiger partial charge in [-0.3, -0.25) is 0 Å². The Morgan fingerprint density at radius 3 is 2.25 bits per heavy atom. The van der Waals surface area contributed by atoms with Gasteiger partial charge in [0.05, 0.1) is 0 Å². The maximum absolute atomic E-state index is 13.4. The molecule has 0 radical (unpaired) electrons. The number of halogens is 1. The summed E-state index contributed by atoms with van der Waals surface area (Å²) < 4.78 is 13.4. The molecule has 0 bridgehead atoms. The molecule has 0 fully saturated rings. The number of anilines is 3. The van der Waals surface area contributed by atoms with Gasteiger partial charge in [-0.15, -0.1) is 0 Å². The highest BCUT2D eigenvalue weighted by atomic mass is 19.1. The van der Waals surface area contributed by atoms with E-state index in [2.05, 4.69) is 54.3 Å². The summed E-state index contributed by atoms with van der Waals surface area (Å²) in [5.74, 6) is -0.211. The number of hydrogen-bond acceptors (Lipinski definition) is 1. The van der Waals surface area contributed by atoms with Crippen LogP contribution in [0.2, 0.25) is 0 Å². The van der Waals surface area contributed by atoms with Crippen LogP contribution in [0.15, 0.2) is 66.7 Å². The fourth-order valence-corrected chi connectivity index (χ4v) is 3.50. The molecule has 0 amide bonds. The minimum atomic E-state index is -0.211. The van der Waals surface area contributed by atoms with Crippen molar-refractivity contribution in [2.45, 2.75) is 26.2 Å². The molecule has 0 heterocycles. The van der Waals surface area contributed by atoms with Crippen LogP contribution in [0, 0.1) is 12.7 Å². The predicted octanol–water partition coefficient (Wildman–Crippen LogP) is 6.09. The molecule has 0 saturated heterocycles. The van der Waals surface area contributed by atoms with Crippen LogP contribution in [0.1, 0.15) is 23.1 Å². The van der Waals surface area contributed by atoms with E-state index in [-0.39, 0.29) is 5.82 Å². The van der Waals surface area contributed by atoms with Crippen LogP contribution >= 0.6 is 0 Å². The third kappa shape index (κ3) is 2.80. The normalized spacial score (nSPS) is 12.9. The second-order valence-corrected chi connectivity index (χ2v) is 6.46. The average molecular weight is 317 g/mol. The third-order valence-electron chi connectivity index (χ3n) is 4.68. The molecule has 0 aliphatic heterocycles. The van der Waals surface area contributed by atoms with Gasteiger partial charge < -0.3 is 4.90 Å². The van der Waals surface area contributed by atoms with E-state index in [1.54, 1.807) is 0 Å². The van der Waals surface area contributed by atoms with Gasteiger partial charge in [0.2, 0.25) is 0 Å². The first kappa shape index (κ1) is 14.9. The minimum Gasteiger partial charge on any atom is -0.310 e. The van der Waals surface area contributed by atoms with Gasteiger partial charge in [-0.2, -0.15) is 0 Å². The Kier molecular flexibility index (Phi) is 3.81. The quantitative estimate of drug-likeness (QED) is 0.565. The molecule has 0 spiro atoms. The zero-order chi connectivity index (χ0) is 16.5. The molecule has 1 aliphatic rings. The molecule has 120 valence electrons. The van der Waals surface area contributed by atoms with E-state index in [1.807, 2.05) is 12.1 Å². The van der Waals surface area contributed by atoms with Crippen LogP contribution < -0.4 is 4.90 Å². The summed E-state index contributed by atoms with van der Waals surface area (Å²) in [5.41, 5.74) is 7.31. The van der Waals surface area contributed by atoms with Crippen molar-refractivity contribution in [2.75, 3.05) is 4.90 Å². The molecule has 1 aliphatic carbocycles. The Morgan fingerprint density at radius 2 is 1.46 bits per heavy atom. The Balaban J connectivity index is 1.85. The fourth-order valence-electron chi connectivity index (χ4n) is 3.50. The lowest BCUT2D eigenvalue weighted by Gasteiger charge is -2.26. The van der Waals surface area contributed by atoms with Gasteiger partial charge in [0.25, 0.3) is 0 Å². The van der Waals surface area contributed by atoms with Gasteiger partial charge in [0.15, 0.2) is 0 Å². The van der Waals surface area contributed by atoms with Crippen LogP contribution in [-0.4, -0.2) is 0 Å². The highest BCUT2D eigenvalue weighted by Gasteiger charge is 2.16. The lowest BCUT2D eigenvalue weighted by Crippen LogP contribution is -2.10. The van der Waals surface area contributed by atoms with Crippen LogP contribution in [0.25, 0.3) is 0 Å². The number of nitrogens with zero attached hydrogens (tertiary/aromatic N) is 1. The highest BCUT2D eigenvalue weighted by molar-refractivity contribution is 5.77. The number of aryl methyl sites for hydroxylation is 3. The first-order valence-electron chi connectivity index (χ1n) is 8.45. The first-order chi connectivity index (χ1) is 11.7. The predicted molar refractivity (Wildman–Crippen MR) is 97.8 cm³/mol. The Hall–Kier alpha value is -2.61. The molecular formula is C22H20FN. The smallest absolute Gasteiger partial charge is 0.123 e. The maximum atomic E-state index is 13.4. The van der Waals surface area contributed by atoms with Crippen molar-refractivity contribution in [2.24, 2.45) is 0 Å². The van der Waals surface area contributed by atoms with Crippen LogP contribution in [0.3, 0.4) is 0 Å². The summed E-state index contributed by atoms with van der Waals surface area (Å²) in [4.78, 5) is 2.20. The summed E-state index contributed by atoms with van der Waals surface area (Å²) in [7, 11) is 0. The van der Waals surface area contributed by atoms with Crippen molar-refractivity contribution < 1.29 is 4.39 Å². The Morgan fingerprint density at radius 1 is 0.750 bits per heavy atom. The van der Waals surface area contributed by atoms with Crippen molar-refractivity contribution in [3.63, 3.8) is 0 Å². The minimum absolute atomic E-state index is 0.211. The molecule has 3 aromatic carbocycles. The second kappa shape index (κ2) is 6.12. The van der Waals surface area contributed by atoms with Gasteiger partial charge in [-0.25, -0.2) is 4.39 Å². The molecule has 0 N–H and O–H groups in total. The Bertz CT molecular complexity index is 867. The molecule has 0 unspecified atom stereocenters. The summed E-state index contributed by atoms with van der Waals surface area (Å²) in [5, 5.41) is 0. The number of benzene rings is 3. The molecular weight excluding hydrogens is 297 g/mol. The molecule has 4 rings (SSSR count). The van der Waals surface area contributed by atoms with E-state index in [9.17, 15) is 4.39 Å². The highest BCUT2D eigenvalue weighted by Crippen LogP contribution is 2.37. The topological polar surface area (TPSA) is 3.24 Å². The van der Waals surface area contributed by atoms with E-state index in [0.29, 0.717) is 0 Å². The van der Waals surface area contributed by atoms with Crippen molar-refractivity contribution >= 4 is 17.1 Å². The van der Waals surface area contributed by atoms with E-state index in [0.717, 1.165) is 23.5 Å². The van der Waals surface area contributed by atoms with Crippen molar-refractivity contribution in [3.05, 3.63) is 89.2 Å². The zero-order valence-electron chi connectivity index (χ0n) is 13.8. The monoisotopic (exact) mass is 317 g/mol. The van der Waals surface area contributed by atoms with Crippen LogP contribution in [0.4, 0.5) is 21.5 Å². The molecule has 0 aromatic heterocycles. The van der Waals surface area contributed by atoms with E-state index < -0.39 is 0 Å².